The van der Waals surface area contributed by atoms with Crippen LogP contribution in [-0.2, 0) is 4.79 Å². The van der Waals surface area contributed by atoms with Gasteiger partial charge in [0, 0.05) is 13.3 Å². The van der Waals surface area contributed by atoms with Gasteiger partial charge in [0.25, 0.3) is 0 Å². The largest absolute Gasteiger partial charge is 0.351 e. The van der Waals surface area contributed by atoms with E-state index in [-0.39, 0.29) is 5.91 Å². The van der Waals surface area contributed by atoms with Crippen LogP contribution in [0, 0.1) is 0 Å². The smallest absolute Gasteiger partial charge is 0.217 e. The number of allylic oxidation sites excluding steroid dienone is 2. The standard InChI is InChI=1S/C24H45N3O/c1-4-6-7-8-9-10-11-12-13-14-15-16-17-18-24-26-20-22-27(24,5-2)21-19-25-23(3)28/h10-11,20,22,24,26H,4-9,12-19,21H2,1-3H3/p+1/b11-10+. The van der Waals surface area contributed by atoms with Crippen molar-refractivity contribution in [1.29, 1.82) is 0 Å². The van der Waals surface area contributed by atoms with Gasteiger partial charge in [0.2, 0.25) is 5.91 Å². The highest BCUT2D eigenvalue weighted by molar-refractivity contribution is 5.72. The zero-order valence-electron chi connectivity index (χ0n) is 18.8. The van der Waals surface area contributed by atoms with Crippen LogP contribution in [0.1, 0.15) is 97.8 Å². The summed E-state index contributed by atoms with van der Waals surface area (Å²) in [7, 11) is 0. The molecular weight excluding hydrogens is 346 g/mol. The van der Waals surface area contributed by atoms with E-state index in [0.29, 0.717) is 6.17 Å². The van der Waals surface area contributed by atoms with Crippen molar-refractivity contribution in [2.75, 3.05) is 19.6 Å². The lowest BCUT2D eigenvalue weighted by molar-refractivity contribution is -0.898. The third-order valence-electron chi connectivity index (χ3n) is 6.01. The Kier molecular flexibility index (Phi) is 13.8. The van der Waals surface area contributed by atoms with Gasteiger partial charge in [0.1, 0.15) is 12.7 Å². The lowest BCUT2D eigenvalue weighted by Crippen LogP contribution is -2.55. The minimum atomic E-state index is 0.0632. The van der Waals surface area contributed by atoms with Crippen LogP contribution in [0.2, 0.25) is 0 Å². The maximum absolute atomic E-state index is 11.1. The molecule has 2 unspecified atom stereocenters. The molecule has 0 bridgehead atoms. The van der Waals surface area contributed by atoms with E-state index in [0.717, 1.165) is 24.1 Å². The van der Waals surface area contributed by atoms with E-state index < -0.39 is 0 Å². The molecule has 0 aliphatic carbocycles. The molecule has 1 rings (SSSR count). The number of nitrogens with one attached hydrogen (secondary N) is 2. The predicted octanol–water partition coefficient (Wildman–Crippen LogP) is 5.62. The van der Waals surface area contributed by atoms with Crippen molar-refractivity contribution in [2.24, 2.45) is 0 Å². The Bertz CT molecular complexity index is 461. The van der Waals surface area contributed by atoms with Crippen LogP contribution in [0.3, 0.4) is 0 Å². The predicted molar refractivity (Wildman–Crippen MR) is 121 cm³/mol. The summed E-state index contributed by atoms with van der Waals surface area (Å²) in [5.41, 5.74) is 0. The number of amides is 1. The van der Waals surface area contributed by atoms with Gasteiger partial charge in [-0.15, -0.1) is 0 Å². The van der Waals surface area contributed by atoms with Crippen LogP contribution in [-0.4, -0.2) is 36.2 Å². The summed E-state index contributed by atoms with van der Waals surface area (Å²) < 4.78 is 0.948. The van der Waals surface area contributed by atoms with Crippen molar-refractivity contribution in [3.63, 3.8) is 0 Å². The average molecular weight is 393 g/mol. The number of rotatable bonds is 17. The number of unbranched alkanes of at least 4 members (excludes halogenated alkanes) is 9. The Morgan fingerprint density at radius 1 is 1.00 bits per heavy atom. The summed E-state index contributed by atoms with van der Waals surface area (Å²) in [4.78, 5) is 11.1. The summed E-state index contributed by atoms with van der Waals surface area (Å²) >= 11 is 0. The van der Waals surface area contributed by atoms with Gasteiger partial charge in [-0.3, -0.25) is 9.28 Å². The highest BCUT2D eigenvalue weighted by Crippen LogP contribution is 2.22. The topological polar surface area (TPSA) is 41.1 Å². The highest BCUT2D eigenvalue weighted by Gasteiger charge is 2.36. The van der Waals surface area contributed by atoms with Gasteiger partial charge in [-0.1, -0.05) is 57.6 Å². The molecule has 0 saturated heterocycles. The van der Waals surface area contributed by atoms with Gasteiger partial charge >= 0.3 is 0 Å². The fourth-order valence-corrected chi connectivity index (χ4v) is 4.10. The van der Waals surface area contributed by atoms with Crippen molar-refractivity contribution in [1.82, 2.24) is 10.6 Å². The molecule has 1 aliphatic rings. The molecule has 28 heavy (non-hydrogen) atoms. The lowest BCUT2D eigenvalue weighted by Gasteiger charge is -2.37. The van der Waals surface area contributed by atoms with Gasteiger partial charge in [-0.05, 0) is 39.0 Å². The van der Waals surface area contributed by atoms with Gasteiger partial charge in [0.05, 0.1) is 19.3 Å². The summed E-state index contributed by atoms with van der Waals surface area (Å²) in [6.45, 7) is 8.89. The van der Waals surface area contributed by atoms with Crippen molar-refractivity contribution < 1.29 is 9.28 Å². The monoisotopic (exact) mass is 392 g/mol. The molecule has 162 valence electrons. The van der Waals surface area contributed by atoms with Gasteiger partial charge in [-0.25, -0.2) is 0 Å². The van der Waals surface area contributed by atoms with Crippen molar-refractivity contribution >= 4 is 5.91 Å². The van der Waals surface area contributed by atoms with E-state index in [9.17, 15) is 4.79 Å². The molecule has 1 heterocycles. The molecule has 1 aliphatic heterocycles. The number of nitrogens with zero attached hydrogens (tertiary/aromatic N) is 1. The highest BCUT2D eigenvalue weighted by atomic mass is 16.1. The second kappa shape index (κ2) is 15.6. The van der Waals surface area contributed by atoms with Crippen LogP contribution < -0.4 is 10.6 Å². The zero-order chi connectivity index (χ0) is 20.5. The van der Waals surface area contributed by atoms with E-state index in [4.69, 9.17) is 0 Å². The van der Waals surface area contributed by atoms with Gasteiger partial charge < -0.3 is 10.6 Å². The third-order valence-corrected chi connectivity index (χ3v) is 6.01. The van der Waals surface area contributed by atoms with Crippen molar-refractivity contribution in [2.45, 2.75) is 104 Å². The first kappa shape index (κ1) is 24.7. The number of likely N-dealkylation sites (N-methyl/N-ethyl adjacent to an activating group) is 1. The molecule has 4 nitrogen and oxygen atoms in total. The molecule has 0 aromatic carbocycles. The normalized spacial score (nSPS) is 21.3. The van der Waals surface area contributed by atoms with E-state index in [1.807, 2.05) is 0 Å². The number of hydrogen-bond acceptors (Lipinski definition) is 2. The Balaban J connectivity index is 2.07. The average Bonchev–Trinajstić information content (AvgIpc) is 3.08. The van der Waals surface area contributed by atoms with Crippen LogP contribution in [0.15, 0.2) is 24.6 Å². The van der Waals surface area contributed by atoms with E-state index in [1.54, 1.807) is 6.92 Å². The van der Waals surface area contributed by atoms with Crippen LogP contribution in [0.5, 0.6) is 0 Å². The first-order valence-corrected chi connectivity index (χ1v) is 11.8. The fourth-order valence-electron chi connectivity index (χ4n) is 4.10. The number of hydrogen-bond donors (Lipinski definition) is 2. The first-order valence-electron chi connectivity index (χ1n) is 11.8. The van der Waals surface area contributed by atoms with E-state index in [1.165, 1.54) is 77.0 Å². The fraction of sp³-hybridized carbons (Fsp3) is 0.792. The number of carbonyl (C=O) groups excluding carboxylic acids is 1. The summed E-state index contributed by atoms with van der Waals surface area (Å²) in [5, 5.41) is 6.50. The quantitative estimate of drug-likeness (QED) is 0.192. The molecule has 0 aromatic rings. The maximum atomic E-state index is 11.1. The Morgan fingerprint density at radius 3 is 2.29 bits per heavy atom. The summed E-state index contributed by atoms with van der Waals surface area (Å²) in [5.74, 6) is 0.0632. The van der Waals surface area contributed by atoms with E-state index >= 15 is 0 Å². The molecule has 0 saturated carbocycles. The molecule has 0 fully saturated rings. The Hall–Kier alpha value is -1.29. The molecule has 4 heteroatoms. The SMILES string of the molecule is CCCCCC/C=C/CCCCCCCC1NC=C[N+]1(CC)CCNC(C)=O. The van der Waals surface area contributed by atoms with Crippen LogP contribution >= 0.6 is 0 Å². The van der Waals surface area contributed by atoms with Crippen molar-refractivity contribution in [3.05, 3.63) is 24.6 Å². The summed E-state index contributed by atoms with van der Waals surface area (Å²) in [6.07, 6.45) is 25.5. The molecule has 0 radical (unpaired) electrons. The molecule has 0 spiro atoms. The molecule has 2 atom stereocenters. The second-order valence-corrected chi connectivity index (χ2v) is 8.29. The molecule has 1 amide bonds. The van der Waals surface area contributed by atoms with Gasteiger partial charge in [-0.2, -0.15) is 0 Å². The molecular formula is C24H46N3O+. The van der Waals surface area contributed by atoms with Gasteiger partial charge in [0.15, 0.2) is 6.17 Å². The summed E-state index contributed by atoms with van der Waals surface area (Å²) in [6, 6.07) is 0. The number of quaternary nitrogens is 1. The Labute approximate surface area is 174 Å². The molecule has 2 N–H and O–H groups in total. The zero-order valence-corrected chi connectivity index (χ0v) is 18.8. The minimum Gasteiger partial charge on any atom is -0.351 e. The molecule has 0 aromatic heterocycles. The number of carbonyl (C=O) groups is 1. The van der Waals surface area contributed by atoms with Crippen LogP contribution in [0.4, 0.5) is 0 Å². The second-order valence-electron chi connectivity index (χ2n) is 8.29. The minimum absolute atomic E-state index is 0.0632. The van der Waals surface area contributed by atoms with Crippen LogP contribution in [0.25, 0.3) is 0 Å². The lowest BCUT2D eigenvalue weighted by atomic mass is 10.1. The van der Waals surface area contributed by atoms with Crippen molar-refractivity contribution in [3.8, 4) is 0 Å². The first-order chi connectivity index (χ1) is 13.6. The maximum Gasteiger partial charge on any atom is 0.217 e. The third kappa shape index (κ3) is 10.3. The Morgan fingerprint density at radius 2 is 1.64 bits per heavy atom. The van der Waals surface area contributed by atoms with E-state index in [2.05, 4.69) is 49.0 Å².